The fraction of sp³-hybridized carbons (Fsp3) is 0.625. The summed E-state index contributed by atoms with van der Waals surface area (Å²) in [5.41, 5.74) is -2.27. The van der Waals surface area contributed by atoms with E-state index in [0.29, 0.717) is 36.0 Å². The lowest BCUT2D eigenvalue weighted by molar-refractivity contribution is -0.968. The second-order valence-corrected chi connectivity index (χ2v) is 12.7. The van der Waals surface area contributed by atoms with Crippen molar-refractivity contribution in [1.82, 2.24) is 0 Å². The van der Waals surface area contributed by atoms with Crippen LogP contribution in [0.15, 0.2) is 48.5 Å². The van der Waals surface area contributed by atoms with Gasteiger partial charge in [0.15, 0.2) is 5.60 Å². The van der Waals surface area contributed by atoms with Gasteiger partial charge in [0.05, 0.1) is 23.6 Å². The monoisotopic (exact) mass is 568 g/mol. The number of ether oxygens (including phenoxy) is 1. The summed E-state index contributed by atoms with van der Waals surface area (Å²) in [7, 11) is 0. The number of rotatable bonds is 9. The topological polar surface area (TPSA) is 9.23 Å². The van der Waals surface area contributed by atoms with Crippen molar-refractivity contribution in [2.75, 3.05) is 19.7 Å². The van der Waals surface area contributed by atoms with Crippen LogP contribution in [0, 0.1) is 17.8 Å². The molecule has 3 aliphatic rings. The molecule has 8 heteroatoms. The van der Waals surface area contributed by atoms with E-state index in [4.69, 9.17) is 4.74 Å². The van der Waals surface area contributed by atoms with E-state index in [-0.39, 0.29) is 29.6 Å². The molecule has 1 saturated carbocycles. The van der Waals surface area contributed by atoms with Crippen LogP contribution in [0.3, 0.4) is 0 Å². The SMILES string of the molecule is CCCCCCO[C@]1(c2ccccc2)C[N@+]2(Cc3cc(C(F)(F)F)cc(C(F)(F)F)c3)C[C@@H](C)[C@@H]3CC[C@H]1[C@@]32C. The number of alkyl halides is 6. The molecule has 2 aliphatic heterocycles. The van der Waals surface area contributed by atoms with Gasteiger partial charge in [0.1, 0.15) is 18.6 Å². The van der Waals surface area contributed by atoms with Crippen LogP contribution in [0.4, 0.5) is 26.3 Å². The van der Waals surface area contributed by atoms with Crippen molar-refractivity contribution in [2.24, 2.45) is 17.8 Å². The third kappa shape index (κ3) is 4.77. The smallest absolute Gasteiger partial charge is 0.364 e. The molecule has 2 aromatic carbocycles. The summed E-state index contributed by atoms with van der Waals surface area (Å²) in [6.07, 6.45) is -3.57. The highest BCUT2D eigenvalue weighted by molar-refractivity contribution is 5.35. The molecule has 0 aromatic heterocycles. The minimum absolute atomic E-state index is 0.0914. The number of hydrogen-bond donors (Lipinski definition) is 0. The molecule has 220 valence electrons. The van der Waals surface area contributed by atoms with Gasteiger partial charge in [-0.25, -0.2) is 0 Å². The Morgan fingerprint density at radius 2 is 1.55 bits per heavy atom. The lowest BCUT2D eigenvalue weighted by Gasteiger charge is -2.43. The largest absolute Gasteiger partial charge is 0.416 e. The molecule has 0 bridgehead atoms. The maximum Gasteiger partial charge on any atom is 0.416 e. The van der Waals surface area contributed by atoms with Gasteiger partial charge in [-0.2, -0.15) is 26.3 Å². The molecule has 2 saturated heterocycles. The highest BCUT2D eigenvalue weighted by Crippen LogP contribution is 2.68. The van der Waals surface area contributed by atoms with Gasteiger partial charge in [-0.3, -0.25) is 0 Å². The molecule has 6 atom stereocenters. The average molecular weight is 569 g/mol. The summed E-state index contributed by atoms with van der Waals surface area (Å²) >= 11 is 0. The molecule has 1 aliphatic carbocycles. The minimum atomic E-state index is -4.86. The fourth-order valence-corrected chi connectivity index (χ4v) is 8.88. The van der Waals surface area contributed by atoms with E-state index in [2.05, 4.69) is 32.9 Å². The number of halogens is 6. The maximum absolute atomic E-state index is 13.8. The second kappa shape index (κ2) is 10.3. The van der Waals surface area contributed by atoms with Gasteiger partial charge < -0.3 is 9.22 Å². The van der Waals surface area contributed by atoms with Gasteiger partial charge in [-0.1, -0.05) is 63.4 Å². The van der Waals surface area contributed by atoms with Crippen molar-refractivity contribution < 1.29 is 35.6 Å². The van der Waals surface area contributed by atoms with Gasteiger partial charge in [0.2, 0.25) is 0 Å². The molecule has 0 N–H and O–H groups in total. The summed E-state index contributed by atoms with van der Waals surface area (Å²) in [6.45, 7) is 8.55. The quantitative estimate of drug-likeness (QED) is 0.167. The maximum atomic E-state index is 13.8. The van der Waals surface area contributed by atoms with Gasteiger partial charge in [-0.15, -0.1) is 0 Å². The van der Waals surface area contributed by atoms with E-state index in [0.717, 1.165) is 56.2 Å². The highest BCUT2D eigenvalue weighted by Gasteiger charge is 2.78. The van der Waals surface area contributed by atoms with E-state index < -0.39 is 29.1 Å². The molecular formula is C32H40F6NO+. The summed E-state index contributed by atoms with van der Waals surface area (Å²) in [5.74, 6) is 0.775. The Kier molecular flexibility index (Phi) is 7.61. The number of hydrogen-bond acceptors (Lipinski definition) is 1. The lowest BCUT2D eigenvalue weighted by Crippen LogP contribution is -2.57. The van der Waals surface area contributed by atoms with Crippen molar-refractivity contribution in [3.05, 3.63) is 70.8 Å². The first-order chi connectivity index (χ1) is 18.8. The van der Waals surface area contributed by atoms with Crippen molar-refractivity contribution in [2.45, 2.75) is 89.3 Å². The Balaban J connectivity index is 1.60. The average Bonchev–Trinajstić information content (AvgIpc) is 3.43. The van der Waals surface area contributed by atoms with Crippen LogP contribution in [-0.4, -0.2) is 29.7 Å². The Morgan fingerprint density at radius 1 is 0.900 bits per heavy atom. The Hall–Kier alpha value is -2.06. The van der Waals surface area contributed by atoms with Crippen LogP contribution in [0.25, 0.3) is 0 Å². The molecule has 2 aromatic rings. The fourth-order valence-electron chi connectivity index (χ4n) is 8.88. The van der Waals surface area contributed by atoms with E-state index >= 15 is 0 Å². The van der Waals surface area contributed by atoms with Gasteiger partial charge in [-0.05, 0) is 49.9 Å². The van der Waals surface area contributed by atoms with E-state index in [1.165, 1.54) is 0 Å². The normalized spacial score (nSPS) is 33.5. The van der Waals surface area contributed by atoms with Crippen molar-refractivity contribution >= 4 is 0 Å². The lowest BCUT2D eigenvalue weighted by atomic mass is 9.73. The van der Waals surface area contributed by atoms with E-state index in [9.17, 15) is 26.3 Å². The Bertz CT molecular complexity index is 1160. The molecule has 2 heterocycles. The first-order valence-electron chi connectivity index (χ1n) is 14.6. The zero-order chi connectivity index (χ0) is 29.0. The number of quaternary nitrogens is 1. The molecule has 40 heavy (non-hydrogen) atoms. The first kappa shape index (κ1) is 29.4. The molecule has 0 amide bonds. The number of nitrogens with zero attached hydrogens (tertiary/aromatic N) is 1. The van der Waals surface area contributed by atoms with Crippen molar-refractivity contribution in [1.29, 1.82) is 0 Å². The van der Waals surface area contributed by atoms with E-state index in [1.54, 1.807) is 0 Å². The van der Waals surface area contributed by atoms with Crippen molar-refractivity contribution in [3.8, 4) is 0 Å². The molecule has 0 radical (unpaired) electrons. The molecule has 0 spiro atoms. The summed E-state index contributed by atoms with van der Waals surface area (Å²) in [6, 6.07) is 12.2. The zero-order valence-electron chi connectivity index (χ0n) is 23.5. The first-order valence-corrected chi connectivity index (χ1v) is 14.6. The van der Waals surface area contributed by atoms with Crippen LogP contribution in [0.2, 0.25) is 0 Å². The third-order valence-electron chi connectivity index (χ3n) is 10.4. The highest BCUT2D eigenvalue weighted by atomic mass is 19.4. The standard InChI is InChI=1S/C32H40F6NO/c1-4-5-6-10-15-40-30(24-11-8-7-9-12-24)21-39(19-22(2)27-13-14-28(30)29(27,39)3)20-23-16-25(31(33,34)35)18-26(17-23)32(36,37)38/h7-9,11-12,16-18,22,27-28H,4-6,10,13-15,19-21H2,1-3H3/q+1/t22-,27+,28+,29-,30+,39-/m1/s1. The number of unbranched alkanes of at least 4 members (excludes halogenated alkanes) is 3. The molecular weight excluding hydrogens is 528 g/mol. The molecule has 0 unspecified atom stereocenters. The van der Waals surface area contributed by atoms with Crippen LogP contribution in [0.1, 0.15) is 81.5 Å². The van der Waals surface area contributed by atoms with Crippen LogP contribution in [-0.2, 0) is 29.2 Å². The minimum Gasteiger partial charge on any atom is -0.364 e. The predicted octanol–water partition coefficient (Wildman–Crippen LogP) is 8.98. The summed E-state index contributed by atoms with van der Waals surface area (Å²) in [4.78, 5) is 0. The third-order valence-corrected chi connectivity index (χ3v) is 10.4. The van der Waals surface area contributed by atoms with Gasteiger partial charge >= 0.3 is 12.4 Å². The van der Waals surface area contributed by atoms with Crippen LogP contribution >= 0.6 is 0 Å². The second-order valence-electron chi connectivity index (χ2n) is 12.7. The zero-order valence-corrected chi connectivity index (χ0v) is 23.5. The van der Waals surface area contributed by atoms with Crippen LogP contribution in [0.5, 0.6) is 0 Å². The van der Waals surface area contributed by atoms with Gasteiger partial charge in [0.25, 0.3) is 0 Å². The number of benzene rings is 2. The molecule has 5 rings (SSSR count). The Morgan fingerprint density at radius 3 is 2.15 bits per heavy atom. The van der Waals surface area contributed by atoms with E-state index in [1.807, 2.05) is 18.2 Å². The van der Waals surface area contributed by atoms with Gasteiger partial charge in [0, 0.05) is 24.0 Å². The predicted molar refractivity (Wildman–Crippen MR) is 142 cm³/mol. The van der Waals surface area contributed by atoms with Crippen LogP contribution < -0.4 is 0 Å². The summed E-state index contributed by atoms with van der Waals surface area (Å²) < 4.78 is 90.0. The molecule has 2 nitrogen and oxygen atoms in total. The summed E-state index contributed by atoms with van der Waals surface area (Å²) in [5, 5.41) is 0. The van der Waals surface area contributed by atoms with Crippen molar-refractivity contribution in [3.63, 3.8) is 0 Å². The Labute approximate surface area is 233 Å². The molecule has 3 fully saturated rings.